The zero-order valence-corrected chi connectivity index (χ0v) is 16.3. The van der Waals surface area contributed by atoms with E-state index in [2.05, 4.69) is 36.5 Å². The Balaban J connectivity index is 1.98. The van der Waals surface area contributed by atoms with Crippen LogP contribution in [-0.2, 0) is 0 Å². The fourth-order valence-electron chi connectivity index (χ4n) is 3.13. The summed E-state index contributed by atoms with van der Waals surface area (Å²) in [5, 5.41) is 10.3. The van der Waals surface area contributed by atoms with E-state index in [9.17, 15) is 0 Å². The van der Waals surface area contributed by atoms with Gasteiger partial charge in [-0.2, -0.15) is 5.10 Å². The van der Waals surface area contributed by atoms with Gasteiger partial charge in [0.2, 0.25) is 0 Å². The first-order valence-corrected chi connectivity index (χ1v) is 8.85. The van der Waals surface area contributed by atoms with Crippen molar-refractivity contribution in [3.63, 3.8) is 0 Å². The summed E-state index contributed by atoms with van der Waals surface area (Å²) < 4.78 is 10.8. The Kier molecular flexibility index (Phi) is 5.42. The third-order valence-electron chi connectivity index (χ3n) is 4.48. The van der Waals surface area contributed by atoms with Crippen molar-refractivity contribution in [3.05, 3.63) is 59.2 Å². The van der Waals surface area contributed by atoms with Gasteiger partial charge in [-0.05, 0) is 42.4 Å². The summed E-state index contributed by atoms with van der Waals surface area (Å²) >= 11 is 5.48. The van der Waals surface area contributed by atoms with Gasteiger partial charge in [-0.25, -0.2) is 5.01 Å². The van der Waals surface area contributed by atoms with Crippen molar-refractivity contribution in [2.75, 3.05) is 21.3 Å². The second-order valence-electron chi connectivity index (χ2n) is 6.15. The maximum absolute atomic E-state index is 5.48. The van der Waals surface area contributed by atoms with Crippen LogP contribution in [0.5, 0.6) is 11.5 Å². The number of hydrogen-bond acceptors (Lipinski definition) is 4. The summed E-state index contributed by atoms with van der Waals surface area (Å²) in [7, 11) is 5.09. The van der Waals surface area contributed by atoms with Crippen LogP contribution in [0.25, 0.3) is 0 Å². The summed E-state index contributed by atoms with van der Waals surface area (Å²) in [4.78, 5) is 0. The van der Waals surface area contributed by atoms with E-state index in [1.54, 1.807) is 14.2 Å². The van der Waals surface area contributed by atoms with Crippen LogP contribution >= 0.6 is 12.2 Å². The second-order valence-corrected chi connectivity index (χ2v) is 6.54. The molecule has 2 aromatic carbocycles. The average molecular weight is 369 g/mol. The first-order valence-electron chi connectivity index (χ1n) is 8.44. The van der Waals surface area contributed by atoms with E-state index in [0.29, 0.717) is 16.6 Å². The van der Waals surface area contributed by atoms with E-state index in [-0.39, 0.29) is 6.04 Å². The lowest BCUT2D eigenvalue weighted by Gasteiger charge is -2.24. The minimum atomic E-state index is 0.00488. The van der Waals surface area contributed by atoms with E-state index in [1.165, 1.54) is 5.56 Å². The maximum atomic E-state index is 5.48. The number of thiocarbonyl (C=S) groups is 1. The molecule has 136 valence electrons. The molecule has 2 aromatic rings. The molecule has 0 bridgehead atoms. The summed E-state index contributed by atoms with van der Waals surface area (Å²) in [6, 6.07) is 14.3. The van der Waals surface area contributed by atoms with Crippen molar-refractivity contribution < 1.29 is 9.47 Å². The van der Waals surface area contributed by atoms with Crippen molar-refractivity contribution in [2.45, 2.75) is 19.4 Å². The van der Waals surface area contributed by atoms with Crippen molar-refractivity contribution in [3.8, 4) is 11.5 Å². The number of nitrogens with zero attached hydrogens (tertiary/aromatic N) is 2. The van der Waals surface area contributed by atoms with Crippen LogP contribution in [0.4, 0.5) is 0 Å². The predicted octanol–water partition coefficient (Wildman–Crippen LogP) is 3.67. The zero-order valence-electron chi connectivity index (χ0n) is 15.4. The molecule has 5 nitrogen and oxygen atoms in total. The van der Waals surface area contributed by atoms with Gasteiger partial charge >= 0.3 is 0 Å². The molecule has 26 heavy (non-hydrogen) atoms. The van der Waals surface area contributed by atoms with E-state index < -0.39 is 0 Å². The van der Waals surface area contributed by atoms with E-state index >= 15 is 0 Å². The molecule has 0 fully saturated rings. The van der Waals surface area contributed by atoms with Crippen LogP contribution in [0.3, 0.4) is 0 Å². The summed E-state index contributed by atoms with van der Waals surface area (Å²) in [5.41, 5.74) is 4.43. The smallest absolute Gasteiger partial charge is 0.189 e. The number of benzene rings is 2. The highest BCUT2D eigenvalue weighted by Gasteiger charge is 2.31. The van der Waals surface area contributed by atoms with Gasteiger partial charge in [0.15, 0.2) is 16.6 Å². The molecular weight excluding hydrogens is 346 g/mol. The molecule has 6 heteroatoms. The summed E-state index contributed by atoms with van der Waals surface area (Å²) in [6.07, 6.45) is 0.765. The Morgan fingerprint density at radius 1 is 1.15 bits per heavy atom. The molecule has 1 aliphatic rings. The van der Waals surface area contributed by atoms with E-state index in [0.717, 1.165) is 23.3 Å². The summed E-state index contributed by atoms with van der Waals surface area (Å²) in [6.45, 7) is 2.08. The van der Waals surface area contributed by atoms with Gasteiger partial charge in [0.25, 0.3) is 0 Å². The van der Waals surface area contributed by atoms with E-state index in [4.69, 9.17) is 26.8 Å². The normalized spacial score (nSPS) is 16.2. The molecule has 1 N–H and O–H groups in total. The molecule has 0 saturated heterocycles. The van der Waals surface area contributed by atoms with Crippen LogP contribution in [0, 0.1) is 6.92 Å². The molecule has 1 atom stereocenters. The van der Waals surface area contributed by atoms with Crippen molar-refractivity contribution in [1.29, 1.82) is 0 Å². The first kappa shape index (κ1) is 18.2. The molecule has 0 saturated carbocycles. The fourth-order valence-corrected chi connectivity index (χ4v) is 3.30. The van der Waals surface area contributed by atoms with Gasteiger partial charge in [0.05, 0.1) is 26.0 Å². The van der Waals surface area contributed by atoms with E-state index in [1.807, 2.05) is 30.3 Å². The Morgan fingerprint density at radius 2 is 1.92 bits per heavy atom. The third kappa shape index (κ3) is 3.51. The zero-order chi connectivity index (χ0) is 18.7. The van der Waals surface area contributed by atoms with Gasteiger partial charge in [0, 0.05) is 13.5 Å². The standard InChI is InChI=1S/C20H23N3O2S/c1-13-6-5-7-14(10-13)16-12-17(23(22-16)20(26)21-2)15-8-9-18(24-3)19(11-15)25-4/h5-11,17H,12H2,1-4H3,(H,21,26). The van der Waals surface area contributed by atoms with Gasteiger partial charge < -0.3 is 14.8 Å². The highest BCUT2D eigenvalue weighted by molar-refractivity contribution is 7.80. The minimum Gasteiger partial charge on any atom is -0.493 e. The van der Waals surface area contributed by atoms with Crippen LogP contribution in [0.2, 0.25) is 0 Å². The highest BCUT2D eigenvalue weighted by atomic mass is 32.1. The van der Waals surface area contributed by atoms with Crippen LogP contribution in [0.1, 0.15) is 29.2 Å². The lowest BCUT2D eigenvalue weighted by molar-refractivity contribution is 0.346. The number of hydrogen-bond donors (Lipinski definition) is 1. The molecule has 1 heterocycles. The Hall–Kier alpha value is -2.60. The number of methoxy groups -OCH3 is 2. The van der Waals surface area contributed by atoms with Gasteiger partial charge in [0.1, 0.15) is 0 Å². The fraction of sp³-hybridized carbons (Fsp3) is 0.300. The number of hydrazone groups is 1. The maximum Gasteiger partial charge on any atom is 0.189 e. The number of nitrogens with one attached hydrogen (secondary N) is 1. The average Bonchev–Trinajstić information content (AvgIpc) is 3.12. The molecule has 0 amide bonds. The first-order chi connectivity index (χ1) is 12.6. The summed E-state index contributed by atoms with van der Waals surface area (Å²) in [5.74, 6) is 1.40. The molecule has 1 unspecified atom stereocenters. The monoisotopic (exact) mass is 369 g/mol. The third-order valence-corrected chi connectivity index (χ3v) is 4.87. The van der Waals surface area contributed by atoms with Crippen molar-refractivity contribution >= 4 is 23.0 Å². The Labute approximate surface area is 159 Å². The molecule has 3 rings (SSSR count). The molecule has 0 aromatic heterocycles. The molecule has 1 aliphatic heterocycles. The minimum absolute atomic E-state index is 0.00488. The molecule has 0 aliphatic carbocycles. The quantitative estimate of drug-likeness (QED) is 0.833. The second kappa shape index (κ2) is 7.74. The van der Waals surface area contributed by atoms with Crippen LogP contribution in [-0.4, -0.2) is 37.1 Å². The number of ether oxygens (including phenoxy) is 2. The molecule has 0 spiro atoms. The molecular formula is C20H23N3O2S. The van der Waals surface area contributed by atoms with Gasteiger partial charge in [-0.1, -0.05) is 35.9 Å². The van der Waals surface area contributed by atoms with Crippen LogP contribution < -0.4 is 14.8 Å². The van der Waals surface area contributed by atoms with Gasteiger partial charge in [-0.3, -0.25) is 0 Å². The number of rotatable bonds is 4. The lowest BCUT2D eigenvalue weighted by atomic mass is 9.97. The molecule has 0 radical (unpaired) electrons. The Morgan fingerprint density at radius 3 is 2.58 bits per heavy atom. The van der Waals surface area contributed by atoms with Gasteiger partial charge in [-0.15, -0.1) is 0 Å². The SMILES string of the molecule is CNC(=S)N1N=C(c2cccc(C)c2)CC1c1ccc(OC)c(OC)c1. The van der Waals surface area contributed by atoms with Crippen molar-refractivity contribution in [1.82, 2.24) is 10.3 Å². The topological polar surface area (TPSA) is 46.1 Å². The lowest BCUT2D eigenvalue weighted by Crippen LogP contribution is -2.34. The largest absolute Gasteiger partial charge is 0.493 e. The predicted molar refractivity (Wildman–Crippen MR) is 108 cm³/mol. The number of aryl methyl sites for hydroxylation is 1. The van der Waals surface area contributed by atoms with Crippen molar-refractivity contribution in [2.24, 2.45) is 5.10 Å². The Bertz CT molecular complexity index is 851. The van der Waals surface area contributed by atoms with Crippen LogP contribution in [0.15, 0.2) is 47.6 Å². The highest BCUT2D eigenvalue weighted by Crippen LogP contribution is 2.37.